The summed E-state index contributed by atoms with van der Waals surface area (Å²) in [6.07, 6.45) is 0.249. The van der Waals surface area contributed by atoms with Gasteiger partial charge in [0.2, 0.25) is 0 Å². The molecule has 0 aliphatic carbocycles. The molecule has 0 spiro atoms. The molecule has 18 heavy (non-hydrogen) atoms. The van der Waals surface area contributed by atoms with Crippen molar-refractivity contribution in [2.45, 2.75) is 12.0 Å². The third-order valence-electron chi connectivity index (χ3n) is 3.12. The summed E-state index contributed by atoms with van der Waals surface area (Å²) >= 11 is 5.94. The van der Waals surface area contributed by atoms with Gasteiger partial charge in [0.05, 0.1) is 10.6 Å². The van der Waals surface area contributed by atoms with Crippen molar-refractivity contribution in [2.24, 2.45) is 5.73 Å². The van der Waals surface area contributed by atoms with Crippen LogP contribution in [0.15, 0.2) is 24.3 Å². The molecule has 1 aliphatic heterocycles. The van der Waals surface area contributed by atoms with E-state index in [1.807, 2.05) is 0 Å². The summed E-state index contributed by atoms with van der Waals surface area (Å²) in [5, 5.41) is 9.36. The fourth-order valence-electron chi connectivity index (χ4n) is 1.99. The minimum Gasteiger partial charge on any atom is -0.480 e. The van der Waals surface area contributed by atoms with Gasteiger partial charge in [0.15, 0.2) is 0 Å². The van der Waals surface area contributed by atoms with Crippen LogP contribution < -0.4 is 5.73 Å². The van der Waals surface area contributed by atoms with Gasteiger partial charge in [-0.15, -0.1) is 0 Å². The van der Waals surface area contributed by atoms with E-state index in [1.54, 1.807) is 24.3 Å². The van der Waals surface area contributed by atoms with Crippen LogP contribution in [0.5, 0.6) is 0 Å². The Morgan fingerprint density at radius 1 is 1.39 bits per heavy atom. The largest absolute Gasteiger partial charge is 0.480 e. The molecule has 0 radical (unpaired) electrons. The molecule has 1 aliphatic rings. The predicted molar refractivity (Wildman–Crippen MR) is 66.5 cm³/mol. The van der Waals surface area contributed by atoms with E-state index in [0.717, 1.165) is 0 Å². The molecular weight excluding hydrogens is 256 g/mol. The van der Waals surface area contributed by atoms with E-state index in [2.05, 4.69) is 0 Å². The van der Waals surface area contributed by atoms with Crippen molar-refractivity contribution in [1.82, 2.24) is 4.90 Å². The zero-order chi connectivity index (χ0) is 13.3. The highest BCUT2D eigenvalue weighted by Gasteiger charge is 2.43. The number of carboxylic acid groups (broad SMARTS) is 1. The summed E-state index contributed by atoms with van der Waals surface area (Å²) in [4.78, 5) is 24.6. The highest BCUT2D eigenvalue weighted by Crippen LogP contribution is 2.23. The number of hydrogen-bond acceptors (Lipinski definition) is 3. The summed E-state index contributed by atoms with van der Waals surface area (Å²) in [6.45, 7) is 0.333. The average molecular weight is 269 g/mol. The van der Waals surface area contributed by atoms with Crippen LogP contribution in [-0.4, -0.2) is 40.5 Å². The van der Waals surface area contributed by atoms with E-state index in [1.165, 1.54) is 4.90 Å². The van der Waals surface area contributed by atoms with Gasteiger partial charge in [-0.2, -0.15) is 0 Å². The van der Waals surface area contributed by atoms with Crippen molar-refractivity contribution in [1.29, 1.82) is 0 Å². The first-order chi connectivity index (χ1) is 8.44. The second-order valence-corrected chi connectivity index (χ2v) is 4.83. The molecule has 5 nitrogen and oxygen atoms in total. The zero-order valence-electron chi connectivity index (χ0n) is 9.60. The van der Waals surface area contributed by atoms with Crippen LogP contribution in [0, 0.1) is 0 Å². The number of hydrogen-bond donors (Lipinski definition) is 2. The standard InChI is InChI=1S/C12H13ClN2O3/c13-9-4-2-1-3-8(9)10(16)15-6-5-12(14,7-15)11(17)18/h1-4H,5-7,14H2,(H,17,18). The first kappa shape index (κ1) is 12.9. The van der Waals surface area contributed by atoms with Gasteiger partial charge in [-0.1, -0.05) is 23.7 Å². The van der Waals surface area contributed by atoms with Gasteiger partial charge >= 0.3 is 5.97 Å². The smallest absolute Gasteiger partial charge is 0.325 e. The van der Waals surface area contributed by atoms with Crippen molar-refractivity contribution in [3.05, 3.63) is 34.9 Å². The Balaban J connectivity index is 2.18. The maximum absolute atomic E-state index is 12.2. The number of amides is 1. The monoisotopic (exact) mass is 268 g/mol. The fraction of sp³-hybridized carbons (Fsp3) is 0.333. The third kappa shape index (κ3) is 2.19. The van der Waals surface area contributed by atoms with E-state index in [-0.39, 0.29) is 18.9 Å². The Morgan fingerprint density at radius 2 is 2.06 bits per heavy atom. The molecule has 0 bridgehead atoms. The van der Waals surface area contributed by atoms with Crippen LogP contribution in [0.2, 0.25) is 5.02 Å². The number of nitrogens with two attached hydrogens (primary N) is 1. The van der Waals surface area contributed by atoms with Crippen LogP contribution in [0.4, 0.5) is 0 Å². The molecule has 96 valence electrons. The predicted octanol–water partition coefficient (Wildman–Crippen LogP) is 0.968. The first-order valence-electron chi connectivity index (χ1n) is 5.50. The molecule has 1 aromatic rings. The lowest BCUT2D eigenvalue weighted by Gasteiger charge is -2.20. The average Bonchev–Trinajstić information content (AvgIpc) is 2.73. The minimum absolute atomic E-state index is 0.00634. The van der Waals surface area contributed by atoms with Crippen LogP contribution >= 0.6 is 11.6 Å². The molecule has 1 heterocycles. The highest BCUT2D eigenvalue weighted by atomic mass is 35.5. The van der Waals surface area contributed by atoms with Crippen molar-refractivity contribution >= 4 is 23.5 Å². The van der Waals surface area contributed by atoms with Gasteiger partial charge in [0.1, 0.15) is 5.54 Å². The van der Waals surface area contributed by atoms with E-state index < -0.39 is 11.5 Å². The molecule has 0 saturated carbocycles. The molecule has 1 unspecified atom stereocenters. The van der Waals surface area contributed by atoms with Crippen LogP contribution in [0.3, 0.4) is 0 Å². The Morgan fingerprint density at radius 3 is 2.61 bits per heavy atom. The van der Waals surface area contributed by atoms with Crippen LogP contribution in [-0.2, 0) is 4.79 Å². The minimum atomic E-state index is -1.35. The molecular formula is C12H13ClN2O3. The number of carboxylic acids is 1. The molecule has 1 amide bonds. The molecule has 6 heteroatoms. The second kappa shape index (κ2) is 4.59. The lowest BCUT2D eigenvalue weighted by atomic mass is 10.0. The molecule has 1 fully saturated rings. The SMILES string of the molecule is NC1(C(=O)O)CCN(C(=O)c2ccccc2Cl)C1. The Kier molecular flexibility index (Phi) is 3.28. The number of nitrogens with zero attached hydrogens (tertiary/aromatic N) is 1. The van der Waals surface area contributed by atoms with E-state index in [0.29, 0.717) is 17.1 Å². The Bertz CT molecular complexity index is 506. The maximum atomic E-state index is 12.2. The summed E-state index contributed by atoms with van der Waals surface area (Å²) < 4.78 is 0. The molecule has 2 rings (SSSR count). The number of halogens is 1. The molecule has 1 atom stereocenters. The Hall–Kier alpha value is -1.59. The maximum Gasteiger partial charge on any atom is 0.325 e. The van der Waals surface area contributed by atoms with Gasteiger partial charge in [0, 0.05) is 13.1 Å². The van der Waals surface area contributed by atoms with Gasteiger partial charge < -0.3 is 15.7 Å². The quantitative estimate of drug-likeness (QED) is 0.837. The topological polar surface area (TPSA) is 83.6 Å². The highest BCUT2D eigenvalue weighted by molar-refractivity contribution is 6.33. The number of aliphatic carboxylic acids is 1. The number of rotatable bonds is 2. The molecule has 3 N–H and O–H groups in total. The first-order valence-corrected chi connectivity index (χ1v) is 5.88. The lowest BCUT2D eigenvalue weighted by Crippen LogP contribution is -2.50. The zero-order valence-corrected chi connectivity index (χ0v) is 10.4. The summed E-state index contributed by atoms with van der Waals surface area (Å²) in [5.41, 5.74) is 4.74. The normalized spacial score (nSPS) is 23.1. The van der Waals surface area contributed by atoms with Gasteiger partial charge in [0.25, 0.3) is 5.91 Å². The number of carbonyl (C=O) groups is 2. The number of carbonyl (C=O) groups excluding carboxylic acids is 1. The molecule has 1 aromatic carbocycles. The van der Waals surface area contributed by atoms with E-state index >= 15 is 0 Å². The Labute approximate surface area is 109 Å². The van der Waals surface area contributed by atoms with Crippen LogP contribution in [0.1, 0.15) is 16.8 Å². The van der Waals surface area contributed by atoms with Crippen LogP contribution in [0.25, 0.3) is 0 Å². The fourth-order valence-corrected chi connectivity index (χ4v) is 2.20. The van der Waals surface area contributed by atoms with Gasteiger partial charge in [-0.3, -0.25) is 9.59 Å². The van der Waals surface area contributed by atoms with Crippen molar-refractivity contribution < 1.29 is 14.7 Å². The van der Waals surface area contributed by atoms with Gasteiger partial charge in [-0.25, -0.2) is 0 Å². The van der Waals surface area contributed by atoms with Gasteiger partial charge in [-0.05, 0) is 18.6 Å². The number of benzene rings is 1. The molecule has 1 saturated heterocycles. The summed E-state index contributed by atoms with van der Waals surface area (Å²) in [6, 6.07) is 6.68. The third-order valence-corrected chi connectivity index (χ3v) is 3.45. The second-order valence-electron chi connectivity index (χ2n) is 4.42. The van der Waals surface area contributed by atoms with E-state index in [9.17, 15) is 9.59 Å². The van der Waals surface area contributed by atoms with Crippen molar-refractivity contribution in [3.63, 3.8) is 0 Å². The van der Waals surface area contributed by atoms with Crippen molar-refractivity contribution in [2.75, 3.05) is 13.1 Å². The summed E-state index contributed by atoms with van der Waals surface area (Å²) in [5.74, 6) is -1.37. The lowest BCUT2D eigenvalue weighted by molar-refractivity contribution is -0.142. The summed E-state index contributed by atoms with van der Waals surface area (Å²) in [7, 11) is 0. The van der Waals surface area contributed by atoms with Crippen molar-refractivity contribution in [3.8, 4) is 0 Å². The molecule has 0 aromatic heterocycles. The number of likely N-dealkylation sites (tertiary alicyclic amines) is 1. The van der Waals surface area contributed by atoms with E-state index in [4.69, 9.17) is 22.4 Å².